The monoisotopic (exact) mass is 308 g/mol. The lowest BCUT2D eigenvalue weighted by Crippen LogP contribution is -2.40. The number of hydrogen-bond acceptors (Lipinski definition) is 5. The van der Waals surface area contributed by atoms with Gasteiger partial charge in [0.15, 0.2) is 5.13 Å². The van der Waals surface area contributed by atoms with E-state index in [2.05, 4.69) is 4.98 Å². The number of nitrogens with zero attached hydrogens (tertiary/aromatic N) is 3. The Morgan fingerprint density at radius 2 is 2.05 bits per heavy atom. The Kier molecular flexibility index (Phi) is 3.81. The molecular weight excluding hydrogens is 293 g/mol. The molecule has 9 heteroatoms. The van der Waals surface area contributed by atoms with E-state index in [1.165, 1.54) is 0 Å². The molecule has 0 atom stereocenters. The minimum Gasteiger partial charge on any atom is -0.382 e. The molecule has 0 saturated heterocycles. The minimum absolute atomic E-state index is 0.0171. The Morgan fingerprint density at radius 1 is 1.45 bits per heavy atom. The number of alkyl halides is 3. The second-order valence-electron chi connectivity index (χ2n) is 4.88. The zero-order chi connectivity index (χ0) is 15.1. The summed E-state index contributed by atoms with van der Waals surface area (Å²) in [6.07, 6.45) is -3.22. The van der Waals surface area contributed by atoms with Crippen molar-refractivity contribution in [3.8, 4) is 0 Å². The second-order valence-corrected chi connectivity index (χ2v) is 5.86. The number of amides is 1. The van der Waals surface area contributed by atoms with E-state index in [0.29, 0.717) is 18.0 Å². The van der Waals surface area contributed by atoms with Gasteiger partial charge in [-0.05, 0) is 12.8 Å². The molecule has 0 aromatic carbocycles. The van der Waals surface area contributed by atoms with E-state index in [4.69, 9.17) is 5.73 Å². The molecule has 0 aliphatic heterocycles. The van der Waals surface area contributed by atoms with E-state index < -0.39 is 18.6 Å². The molecule has 1 amide bonds. The molecule has 20 heavy (non-hydrogen) atoms. The van der Waals surface area contributed by atoms with Gasteiger partial charge in [-0.1, -0.05) is 11.3 Å². The summed E-state index contributed by atoms with van der Waals surface area (Å²) in [5, 5.41) is 0.494. The van der Waals surface area contributed by atoms with Crippen molar-refractivity contribution >= 4 is 28.2 Å². The third kappa shape index (κ3) is 3.33. The lowest BCUT2D eigenvalue weighted by Gasteiger charge is -2.23. The fourth-order valence-electron chi connectivity index (χ4n) is 1.74. The van der Waals surface area contributed by atoms with Crippen LogP contribution in [0.3, 0.4) is 0 Å². The Bertz CT molecular complexity index is 510. The van der Waals surface area contributed by atoms with Gasteiger partial charge in [0.25, 0.3) is 5.91 Å². The van der Waals surface area contributed by atoms with Gasteiger partial charge < -0.3 is 15.5 Å². The van der Waals surface area contributed by atoms with Crippen LogP contribution in [0.1, 0.15) is 22.5 Å². The van der Waals surface area contributed by atoms with Crippen molar-refractivity contribution in [3.05, 3.63) is 4.88 Å². The van der Waals surface area contributed by atoms with Crippen LogP contribution in [0.2, 0.25) is 0 Å². The lowest BCUT2D eigenvalue weighted by atomic mass is 10.3. The van der Waals surface area contributed by atoms with Crippen LogP contribution in [-0.2, 0) is 0 Å². The van der Waals surface area contributed by atoms with E-state index in [1.807, 2.05) is 0 Å². The van der Waals surface area contributed by atoms with Crippen molar-refractivity contribution in [2.24, 2.45) is 0 Å². The Balaban J connectivity index is 2.23. The van der Waals surface area contributed by atoms with Gasteiger partial charge in [-0.15, -0.1) is 0 Å². The van der Waals surface area contributed by atoms with Crippen molar-refractivity contribution < 1.29 is 18.0 Å². The molecule has 2 rings (SSSR count). The van der Waals surface area contributed by atoms with Crippen LogP contribution in [0.25, 0.3) is 0 Å². The largest absolute Gasteiger partial charge is 0.406 e. The molecule has 0 bridgehead atoms. The topological polar surface area (TPSA) is 62.5 Å². The van der Waals surface area contributed by atoms with Crippen molar-refractivity contribution in [2.75, 3.05) is 31.3 Å². The molecule has 1 heterocycles. The highest BCUT2D eigenvalue weighted by molar-refractivity contribution is 7.18. The Hall–Kier alpha value is -1.51. The summed E-state index contributed by atoms with van der Waals surface area (Å²) in [6, 6.07) is -0.339. The van der Waals surface area contributed by atoms with Gasteiger partial charge in [0.2, 0.25) is 0 Å². The first-order chi connectivity index (χ1) is 9.19. The molecule has 1 saturated carbocycles. The van der Waals surface area contributed by atoms with E-state index in [0.717, 1.165) is 16.2 Å². The molecule has 0 unspecified atom stereocenters. The van der Waals surface area contributed by atoms with Gasteiger partial charge in [-0.3, -0.25) is 4.79 Å². The maximum atomic E-state index is 12.6. The van der Waals surface area contributed by atoms with Gasteiger partial charge in [-0.25, -0.2) is 4.98 Å². The quantitative estimate of drug-likeness (QED) is 0.923. The van der Waals surface area contributed by atoms with Gasteiger partial charge in [0.1, 0.15) is 17.2 Å². The molecule has 1 aliphatic carbocycles. The number of halogens is 3. The standard InChI is InChI=1S/C11H15F3N4OS/c1-17(2)10-16-8(15)7(20-10)9(19)18(6-3-4-6)5-11(12,13)14/h6H,3-5,15H2,1-2H3. The van der Waals surface area contributed by atoms with Gasteiger partial charge in [-0.2, -0.15) is 13.2 Å². The van der Waals surface area contributed by atoms with Gasteiger partial charge in [0, 0.05) is 20.1 Å². The van der Waals surface area contributed by atoms with Gasteiger partial charge in [0.05, 0.1) is 0 Å². The SMILES string of the molecule is CN(C)c1nc(N)c(C(=O)N(CC(F)(F)F)C2CC2)s1. The van der Waals surface area contributed by atoms with Crippen LogP contribution in [-0.4, -0.2) is 48.6 Å². The number of rotatable bonds is 4. The molecular formula is C11H15F3N4OS. The summed E-state index contributed by atoms with van der Waals surface area (Å²) in [4.78, 5) is 18.8. The molecule has 5 nitrogen and oxygen atoms in total. The first-order valence-corrected chi connectivity index (χ1v) is 6.82. The number of hydrogen-bond donors (Lipinski definition) is 1. The molecule has 1 aromatic rings. The second kappa shape index (κ2) is 5.12. The fourth-order valence-corrected chi connectivity index (χ4v) is 2.61. The van der Waals surface area contributed by atoms with Crippen LogP contribution >= 0.6 is 11.3 Å². The average molecular weight is 308 g/mol. The number of nitrogens with two attached hydrogens (primary N) is 1. The summed E-state index contributed by atoms with van der Waals surface area (Å²) in [6.45, 7) is -1.24. The number of carbonyl (C=O) groups is 1. The summed E-state index contributed by atoms with van der Waals surface area (Å²) in [5.74, 6) is -0.704. The van der Waals surface area contributed by atoms with Crippen molar-refractivity contribution in [3.63, 3.8) is 0 Å². The number of nitrogen functional groups attached to an aromatic ring is 1. The maximum Gasteiger partial charge on any atom is 0.406 e. The molecule has 1 fully saturated rings. The number of aromatic nitrogens is 1. The highest BCUT2D eigenvalue weighted by Crippen LogP contribution is 2.34. The summed E-state index contributed by atoms with van der Waals surface area (Å²) >= 11 is 1.01. The maximum absolute atomic E-state index is 12.6. The third-order valence-electron chi connectivity index (χ3n) is 2.82. The zero-order valence-corrected chi connectivity index (χ0v) is 11.9. The Morgan fingerprint density at radius 3 is 2.45 bits per heavy atom. The van der Waals surface area contributed by atoms with E-state index >= 15 is 0 Å². The van der Waals surface area contributed by atoms with Crippen LogP contribution < -0.4 is 10.6 Å². The molecule has 0 spiro atoms. The predicted molar refractivity (Wildman–Crippen MR) is 71.0 cm³/mol. The fraction of sp³-hybridized carbons (Fsp3) is 0.636. The van der Waals surface area contributed by atoms with Gasteiger partial charge >= 0.3 is 6.18 Å². The van der Waals surface area contributed by atoms with Crippen LogP contribution in [0, 0.1) is 0 Å². The van der Waals surface area contributed by atoms with Crippen molar-refractivity contribution in [1.29, 1.82) is 0 Å². The smallest absolute Gasteiger partial charge is 0.382 e. The average Bonchev–Trinajstić information content (AvgIpc) is 3.07. The van der Waals surface area contributed by atoms with E-state index in [9.17, 15) is 18.0 Å². The first kappa shape index (κ1) is 14.9. The lowest BCUT2D eigenvalue weighted by molar-refractivity contribution is -0.141. The predicted octanol–water partition coefficient (Wildman–Crippen LogP) is 1.96. The number of carbonyl (C=O) groups excluding carboxylic acids is 1. The van der Waals surface area contributed by atoms with Crippen molar-refractivity contribution in [1.82, 2.24) is 9.88 Å². The zero-order valence-electron chi connectivity index (χ0n) is 11.1. The van der Waals surface area contributed by atoms with Crippen LogP contribution in [0.5, 0.6) is 0 Å². The number of anilines is 2. The Labute approximate surface area is 118 Å². The normalized spacial score (nSPS) is 15.2. The third-order valence-corrected chi connectivity index (χ3v) is 4.04. The molecule has 2 N–H and O–H groups in total. The van der Waals surface area contributed by atoms with Crippen molar-refractivity contribution in [2.45, 2.75) is 25.1 Å². The molecule has 0 radical (unpaired) electrons. The summed E-state index contributed by atoms with van der Waals surface area (Å²) < 4.78 is 37.7. The van der Waals surface area contributed by atoms with Crippen LogP contribution in [0.15, 0.2) is 0 Å². The molecule has 112 valence electrons. The summed E-state index contributed by atoms with van der Waals surface area (Å²) in [5.41, 5.74) is 5.65. The first-order valence-electron chi connectivity index (χ1n) is 6.00. The van der Waals surface area contributed by atoms with E-state index in [1.54, 1.807) is 19.0 Å². The highest BCUT2D eigenvalue weighted by atomic mass is 32.1. The minimum atomic E-state index is -4.41. The van der Waals surface area contributed by atoms with Crippen LogP contribution in [0.4, 0.5) is 24.1 Å². The highest BCUT2D eigenvalue weighted by Gasteiger charge is 2.41. The molecule has 1 aromatic heterocycles. The number of thiazole rings is 1. The summed E-state index contributed by atoms with van der Waals surface area (Å²) in [7, 11) is 3.45. The molecule has 1 aliphatic rings. The van der Waals surface area contributed by atoms with E-state index in [-0.39, 0.29) is 16.7 Å².